The standard InChI is InChI=1S/C18H21FN4O4S2/c1-2-21-29(26,27)13-5-6-15(19)14(10-13)17(25)23-8-3-4-12(11-23)16(24)22-18-20-7-9-28-18/h5-7,9-10,12,21H,2-4,8,11H2,1H3,(H,20,22,24). The van der Waals surface area contributed by atoms with Gasteiger partial charge in [-0.15, -0.1) is 11.3 Å². The van der Waals surface area contributed by atoms with Crippen LogP contribution in [-0.4, -0.2) is 49.8 Å². The summed E-state index contributed by atoms with van der Waals surface area (Å²) in [5.74, 6) is -2.14. The Kier molecular flexibility index (Phi) is 6.60. The summed E-state index contributed by atoms with van der Waals surface area (Å²) in [7, 11) is -3.82. The van der Waals surface area contributed by atoms with E-state index in [2.05, 4.69) is 15.0 Å². The largest absolute Gasteiger partial charge is 0.338 e. The first-order chi connectivity index (χ1) is 13.8. The molecular formula is C18H21FN4O4S2. The number of likely N-dealkylation sites (tertiary alicyclic amines) is 1. The van der Waals surface area contributed by atoms with E-state index in [9.17, 15) is 22.4 Å². The fourth-order valence-electron chi connectivity index (χ4n) is 3.15. The smallest absolute Gasteiger partial charge is 0.256 e. The van der Waals surface area contributed by atoms with Crippen LogP contribution >= 0.6 is 11.3 Å². The maximum Gasteiger partial charge on any atom is 0.256 e. The normalized spacial score (nSPS) is 17.2. The maximum absolute atomic E-state index is 14.3. The van der Waals surface area contributed by atoms with Crippen molar-refractivity contribution in [2.24, 2.45) is 5.92 Å². The number of hydrogen-bond donors (Lipinski definition) is 2. The number of carbonyl (C=O) groups is 2. The first-order valence-electron chi connectivity index (χ1n) is 9.10. The number of thiazole rings is 1. The van der Waals surface area contributed by atoms with Crippen LogP contribution in [0.15, 0.2) is 34.7 Å². The molecule has 1 aliphatic heterocycles. The molecule has 1 atom stereocenters. The summed E-state index contributed by atoms with van der Waals surface area (Å²) < 4.78 is 41.0. The van der Waals surface area contributed by atoms with Gasteiger partial charge in [-0.1, -0.05) is 6.92 Å². The maximum atomic E-state index is 14.3. The summed E-state index contributed by atoms with van der Waals surface area (Å²) in [6, 6.07) is 3.12. The number of nitrogens with one attached hydrogen (secondary N) is 2. The Hall–Kier alpha value is -2.37. The minimum absolute atomic E-state index is 0.125. The predicted molar refractivity (Wildman–Crippen MR) is 107 cm³/mol. The van der Waals surface area contributed by atoms with Gasteiger partial charge >= 0.3 is 0 Å². The molecule has 2 N–H and O–H groups in total. The molecule has 29 heavy (non-hydrogen) atoms. The second-order valence-corrected chi connectivity index (χ2v) is 9.22. The van der Waals surface area contributed by atoms with E-state index in [1.54, 1.807) is 18.5 Å². The summed E-state index contributed by atoms with van der Waals surface area (Å²) >= 11 is 1.29. The van der Waals surface area contributed by atoms with E-state index < -0.39 is 27.7 Å². The number of sulfonamides is 1. The van der Waals surface area contributed by atoms with Gasteiger partial charge in [-0.2, -0.15) is 0 Å². The predicted octanol–water partition coefficient (Wildman–Crippen LogP) is 2.07. The van der Waals surface area contributed by atoms with Gasteiger partial charge in [0.1, 0.15) is 5.82 Å². The number of hydrogen-bond acceptors (Lipinski definition) is 6. The molecule has 0 bridgehead atoms. The average molecular weight is 441 g/mol. The second kappa shape index (κ2) is 8.97. The van der Waals surface area contributed by atoms with E-state index in [-0.39, 0.29) is 29.5 Å². The van der Waals surface area contributed by atoms with Crippen LogP contribution < -0.4 is 10.0 Å². The third-order valence-electron chi connectivity index (χ3n) is 4.55. The monoisotopic (exact) mass is 440 g/mol. The molecule has 1 aromatic heterocycles. The van der Waals surface area contributed by atoms with Gasteiger partial charge in [0.25, 0.3) is 5.91 Å². The lowest BCUT2D eigenvalue weighted by Gasteiger charge is -2.32. The van der Waals surface area contributed by atoms with Gasteiger partial charge in [-0.05, 0) is 31.0 Å². The zero-order valence-electron chi connectivity index (χ0n) is 15.7. The summed E-state index contributed by atoms with van der Waals surface area (Å²) in [4.78, 5) is 30.5. The highest BCUT2D eigenvalue weighted by Crippen LogP contribution is 2.23. The number of halogens is 1. The molecule has 0 spiro atoms. The molecule has 8 nitrogen and oxygen atoms in total. The van der Waals surface area contributed by atoms with Crippen molar-refractivity contribution < 1.29 is 22.4 Å². The van der Waals surface area contributed by atoms with Gasteiger partial charge < -0.3 is 10.2 Å². The molecule has 1 unspecified atom stereocenters. The lowest BCUT2D eigenvalue weighted by atomic mass is 9.96. The van der Waals surface area contributed by atoms with E-state index in [4.69, 9.17) is 0 Å². The Morgan fingerprint density at radius 3 is 2.86 bits per heavy atom. The molecule has 2 amide bonds. The molecule has 0 aliphatic carbocycles. The van der Waals surface area contributed by atoms with Crippen LogP contribution in [0.3, 0.4) is 0 Å². The van der Waals surface area contributed by atoms with Crippen molar-refractivity contribution in [3.05, 3.63) is 41.2 Å². The molecule has 0 saturated carbocycles. The molecule has 1 saturated heterocycles. The summed E-state index contributed by atoms with van der Waals surface area (Å²) in [6.45, 7) is 2.28. The number of aromatic nitrogens is 1. The zero-order chi connectivity index (χ0) is 21.0. The number of anilines is 1. The lowest BCUT2D eigenvalue weighted by molar-refractivity contribution is -0.121. The number of carbonyl (C=O) groups excluding carboxylic acids is 2. The SMILES string of the molecule is CCNS(=O)(=O)c1ccc(F)c(C(=O)N2CCCC(C(=O)Nc3nccs3)C2)c1. The first-order valence-corrected chi connectivity index (χ1v) is 11.5. The van der Waals surface area contributed by atoms with E-state index in [1.807, 2.05) is 0 Å². The van der Waals surface area contributed by atoms with Gasteiger partial charge in [0, 0.05) is 31.2 Å². The van der Waals surface area contributed by atoms with Crippen molar-refractivity contribution in [3.8, 4) is 0 Å². The highest BCUT2D eigenvalue weighted by Gasteiger charge is 2.31. The van der Waals surface area contributed by atoms with E-state index >= 15 is 0 Å². The molecule has 2 heterocycles. The lowest BCUT2D eigenvalue weighted by Crippen LogP contribution is -2.44. The number of piperidine rings is 1. The molecule has 1 aliphatic rings. The third-order valence-corrected chi connectivity index (χ3v) is 6.79. The quantitative estimate of drug-likeness (QED) is 0.715. The van der Waals surface area contributed by atoms with Crippen LogP contribution in [0.1, 0.15) is 30.1 Å². The van der Waals surface area contributed by atoms with Crippen LogP contribution in [0.2, 0.25) is 0 Å². The molecular weight excluding hydrogens is 419 g/mol. The number of nitrogens with zero attached hydrogens (tertiary/aromatic N) is 2. The fourth-order valence-corrected chi connectivity index (χ4v) is 4.75. The van der Waals surface area contributed by atoms with Crippen molar-refractivity contribution in [2.75, 3.05) is 25.0 Å². The number of rotatable bonds is 6. The molecule has 2 aromatic rings. The fraction of sp³-hybridized carbons (Fsp3) is 0.389. The topological polar surface area (TPSA) is 108 Å². The van der Waals surface area contributed by atoms with Crippen molar-refractivity contribution in [1.29, 1.82) is 0 Å². The Balaban J connectivity index is 1.76. The van der Waals surface area contributed by atoms with Gasteiger partial charge in [0.2, 0.25) is 15.9 Å². The van der Waals surface area contributed by atoms with Crippen LogP contribution in [-0.2, 0) is 14.8 Å². The summed E-state index contributed by atoms with van der Waals surface area (Å²) in [5, 5.41) is 4.93. The van der Waals surface area contributed by atoms with Crippen LogP contribution in [0, 0.1) is 11.7 Å². The minimum Gasteiger partial charge on any atom is -0.338 e. The summed E-state index contributed by atoms with van der Waals surface area (Å²) in [6.07, 6.45) is 2.76. The Morgan fingerprint density at radius 1 is 1.38 bits per heavy atom. The molecule has 3 rings (SSSR count). The Morgan fingerprint density at radius 2 is 2.17 bits per heavy atom. The number of benzene rings is 1. The average Bonchev–Trinajstić information content (AvgIpc) is 3.20. The van der Waals surface area contributed by atoms with Crippen molar-refractivity contribution in [1.82, 2.24) is 14.6 Å². The minimum atomic E-state index is -3.82. The van der Waals surface area contributed by atoms with Gasteiger partial charge in [0.15, 0.2) is 5.13 Å². The second-order valence-electron chi connectivity index (χ2n) is 6.56. The summed E-state index contributed by atoms with van der Waals surface area (Å²) in [5.41, 5.74) is -0.329. The molecule has 1 aromatic carbocycles. The van der Waals surface area contributed by atoms with Crippen LogP contribution in [0.4, 0.5) is 9.52 Å². The van der Waals surface area contributed by atoms with Crippen molar-refractivity contribution in [3.63, 3.8) is 0 Å². The molecule has 156 valence electrons. The molecule has 0 radical (unpaired) electrons. The van der Waals surface area contributed by atoms with Crippen LogP contribution in [0.5, 0.6) is 0 Å². The molecule has 11 heteroatoms. The Bertz CT molecular complexity index is 995. The van der Waals surface area contributed by atoms with Crippen molar-refractivity contribution in [2.45, 2.75) is 24.7 Å². The van der Waals surface area contributed by atoms with E-state index in [0.717, 1.165) is 18.2 Å². The zero-order valence-corrected chi connectivity index (χ0v) is 17.4. The van der Waals surface area contributed by atoms with Crippen LogP contribution in [0.25, 0.3) is 0 Å². The highest BCUT2D eigenvalue weighted by molar-refractivity contribution is 7.89. The Labute approximate surface area is 172 Å². The van der Waals surface area contributed by atoms with E-state index in [0.29, 0.717) is 24.5 Å². The third kappa shape index (κ3) is 4.98. The first kappa shape index (κ1) is 21.3. The van der Waals surface area contributed by atoms with Gasteiger partial charge in [-0.3, -0.25) is 9.59 Å². The molecule has 1 fully saturated rings. The number of amides is 2. The highest BCUT2D eigenvalue weighted by atomic mass is 32.2. The van der Waals surface area contributed by atoms with Crippen molar-refractivity contribution >= 4 is 38.3 Å². The van der Waals surface area contributed by atoms with E-state index in [1.165, 1.54) is 16.2 Å². The van der Waals surface area contributed by atoms with Gasteiger partial charge in [-0.25, -0.2) is 22.5 Å². The van der Waals surface area contributed by atoms with Gasteiger partial charge in [0.05, 0.1) is 16.4 Å².